The fraction of sp³-hybridized carbons (Fsp3) is 0.312. The lowest BCUT2D eigenvalue weighted by Gasteiger charge is -2.06. The van der Waals surface area contributed by atoms with E-state index in [0.717, 1.165) is 22.9 Å². The van der Waals surface area contributed by atoms with Crippen LogP contribution in [0.3, 0.4) is 0 Å². The summed E-state index contributed by atoms with van der Waals surface area (Å²) in [7, 11) is 0. The molecule has 0 spiro atoms. The highest BCUT2D eigenvalue weighted by Crippen LogP contribution is 2.24. The molecular formula is C16H16N4O3S2. The molecule has 1 aromatic rings. The van der Waals surface area contributed by atoms with Gasteiger partial charge in [-0.05, 0) is 31.0 Å². The van der Waals surface area contributed by atoms with Gasteiger partial charge in [-0.3, -0.25) is 14.4 Å². The Morgan fingerprint density at radius 3 is 2.68 bits per heavy atom. The Labute approximate surface area is 153 Å². The maximum Gasteiger partial charge on any atom is 0.284 e. The van der Waals surface area contributed by atoms with Crippen LogP contribution >= 0.6 is 23.5 Å². The van der Waals surface area contributed by atoms with Gasteiger partial charge in [0.05, 0.1) is 11.0 Å². The van der Waals surface area contributed by atoms with Gasteiger partial charge in [0.1, 0.15) is 5.84 Å². The number of thioether (sulfide) groups is 2. The van der Waals surface area contributed by atoms with E-state index in [1.165, 1.54) is 11.8 Å². The average molecular weight is 376 g/mol. The fourth-order valence-electron chi connectivity index (χ4n) is 2.27. The van der Waals surface area contributed by atoms with Crippen LogP contribution in [-0.4, -0.2) is 38.9 Å². The van der Waals surface area contributed by atoms with Crippen molar-refractivity contribution in [3.8, 4) is 0 Å². The standard InChI is InChI=1S/C16H16N4O3S2/c1-8-3-4-10(5-9(8)2)11(21)6-12-14(22)18-15(25-12)20-19-13-7-24-16(23)17-13/h3-5,12H,6-7H2,1-2H3,(H,17,19,23)(H,18,20,22)/t12-/m1/s1. The minimum Gasteiger partial charge on any atom is -0.303 e. The van der Waals surface area contributed by atoms with Crippen LogP contribution in [-0.2, 0) is 4.79 Å². The van der Waals surface area contributed by atoms with Crippen molar-refractivity contribution in [2.45, 2.75) is 25.5 Å². The van der Waals surface area contributed by atoms with Crippen molar-refractivity contribution in [1.29, 1.82) is 0 Å². The molecule has 7 nitrogen and oxygen atoms in total. The molecule has 2 aliphatic heterocycles. The van der Waals surface area contributed by atoms with Crippen LogP contribution in [0.4, 0.5) is 4.79 Å². The molecule has 1 aromatic carbocycles. The van der Waals surface area contributed by atoms with E-state index in [2.05, 4.69) is 20.8 Å². The van der Waals surface area contributed by atoms with Gasteiger partial charge in [-0.1, -0.05) is 35.7 Å². The quantitative estimate of drug-likeness (QED) is 0.620. The number of carbonyl (C=O) groups is 3. The van der Waals surface area contributed by atoms with Crippen LogP contribution in [0.15, 0.2) is 28.4 Å². The molecule has 2 fully saturated rings. The number of benzene rings is 1. The topological polar surface area (TPSA) is 100.0 Å². The Hall–Kier alpha value is -2.13. The zero-order valence-corrected chi connectivity index (χ0v) is 15.3. The van der Waals surface area contributed by atoms with Crippen molar-refractivity contribution >= 4 is 51.5 Å². The Bertz CT molecular complexity index is 820. The molecule has 130 valence electrons. The number of aryl methyl sites for hydroxylation is 2. The lowest BCUT2D eigenvalue weighted by atomic mass is 10.0. The highest BCUT2D eigenvalue weighted by molar-refractivity contribution is 8.15. The Morgan fingerprint density at radius 1 is 1.20 bits per heavy atom. The highest BCUT2D eigenvalue weighted by Gasteiger charge is 2.32. The highest BCUT2D eigenvalue weighted by atomic mass is 32.2. The molecule has 2 heterocycles. The summed E-state index contributed by atoms with van der Waals surface area (Å²) in [5.41, 5.74) is 2.77. The molecule has 0 saturated carbocycles. The molecule has 2 N–H and O–H groups in total. The first-order valence-corrected chi connectivity index (χ1v) is 9.45. The number of hydrogen-bond donors (Lipinski definition) is 2. The summed E-state index contributed by atoms with van der Waals surface area (Å²) in [4.78, 5) is 35.5. The van der Waals surface area contributed by atoms with E-state index in [1.54, 1.807) is 6.07 Å². The van der Waals surface area contributed by atoms with E-state index in [-0.39, 0.29) is 23.4 Å². The van der Waals surface area contributed by atoms with Gasteiger partial charge in [-0.15, -0.1) is 10.2 Å². The van der Waals surface area contributed by atoms with Crippen LogP contribution in [0.5, 0.6) is 0 Å². The minimum atomic E-state index is -0.527. The summed E-state index contributed by atoms with van der Waals surface area (Å²) in [5, 5.41) is 12.7. The molecule has 3 rings (SSSR count). The lowest BCUT2D eigenvalue weighted by molar-refractivity contribution is -0.118. The maximum absolute atomic E-state index is 12.4. The zero-order valence-electron chi connectivity index (χ0n) is 13.7. The number of Topliss-reactive ketones (excluding diaryl/α,β-unsaturated/α-hetero) is 1. The van der Waals surface area contributed by atoms with E-state index in [0.29, 0.717) is 22.3 Å². The number of rotatable bonds is 4. The second-order valence-corrected chi connectivity index (χ2v) is 7.81. The normalized spacial score (nSPS) is 23.2. The molecule has 9 heteroatoms. The minimum absolute atomic E-state index is 0.0808. The van der Waals surface area contributed by atoms with Crippen molar-refractivity contribution in [3.05, 3.63) is 34.9 Å². The van der Waals surface area contributed by atoms with E-state index < -0.39 is 5.25 Å². The number of ketones is 1. The zero-order chi connectivity index (χ0) is 18.0. The summed E-state index contributed by atoms with van der Waals surface area (Å²) < 4.78 is 0. The first-order valence-electron chi connectivity index (χ1n) is 7.58. The maximum atomic E-state index is 12.4. The molecule has 25 heavy (non-hydrogen) atoms. The van der Waals surface area contributed by atoms with Crippen LogP contribution in [0.2, 0.25) is 0 Å². The van der Waals surface area contributed by atoms with Crippen molar-refractivity contribution in [1.82, 2.24) is 10.6 Å². The van der Waals surface area contributed by atoms with Crippen LogP contribution in [0.1, 0.15) is 27.9 Å². The van der Waals surface area contributed by atoms with E-state index in [4.69, 9.17) is 0 Å². The van der Waals surface area contributed by atoms with Gasteiger partial charge < -0.3 is 10.6 Å². The predicted molar refractivity (Wildman–Crippen MR) is 100 cm³/mol. The SMILES string of the molecule is Cc1ccc(C(=O)C[C@H]2S/C(=N/N=C3\CSC(=O)N3)NC2=O)cc1C. The second kappa shape index (κ2) is 7.40. The summed E-state index contributed by atoms with van der Waals surface area (Å²) in [6.07, 6.45) is 0.0984. The van der Waals surface area contributed by atoms with Crippen molar-refractivity contribution in [3.63, 3.8) is 0 Å². The van der Waals surface area contributed by atoms with Crippen molar-refractivity contribution in [2.75, 3.05) is 5.75 Å². The molecule has 2 aliphatic rings. The van der Waals surface area contributed by atoms with Crippen LogP contribution in [0.25, 0.3) is 0 Å². The number of nitrogens with one attached hydrogen (secondary N) is 2. The molecule has 2 saturated heterocycles. The molecule has 0 bridgehead atoms. The van der Waals surface area contributed by atoms with E-state index >= 15 is 0 Å². The molecular weight excluding hydrogens is 360 g/mol. The monoisotopic (exact) mass is 376 g/mol. The van der Waals surface area contributed by atoms with Gasteiger partial charge in [0.25, 0.3) is 5.24 Å². The van der Waals surface area contributed by atoms with Crippen LogP contribution < -0.4 is 10.6 Å². The molecule has 0 aromatic heterocycles. The van der Waals surface area contributed by atoms with Crippen molar-refractivity contribution in [2.24, 2.45) is 10.2 Å². The fourth-order valence-corrected chi connectivity index (χ4v) is 3.78. The Balaban J connectivity index is 1.63. The predicted octanol–water partition coefficient (Wildman–Crippen LogP) is 2.23. The largest absolute Gasteiger partial charge is 0.303 e. The average Bonchev–Trinajstić information content (AvgIpc) is 3.14. The Morgan fingerprint density at radius 2 is 2.00 bits per heavy atom. The van der Waals surface area contributed by atoms with Gasteiger partial charge in [-0.25, -0.2) is 0 Å². The van der Waals surface area contributed by atoms with E-state index in [1.807, 2.05) is 26.0 Å². The van der Waals surface area contributed by atoms with Gasteiger partial charge in [0.15, 0.2) is 11.0 Å². The molecule has 1 atom stereocenters. The third-order valence-corrected chi connectivity index (χ3v) is 5.68. The first-order chi connectivity index (χ1) is 11.9. The third kappa shape index (κ3) is 4.29. The second-order valence-electron chi connectivity index (χ2n) is 5.68. The summed E-state index contributed by atoms with van der Waals surface area (Å²) >= 11 is 2.28. The van der Waals surface area contributed by atoms with Gasteiger partial charge >= 0.3 is 0 Å². The molecule has 2 amide bonds. The summed E-state index contributed by atoms with van der Waals surface area (Å²) in [6.45, 7) is 3.94. The third-order valence-electron chi connectivity index (χ3n) is 3.82. The molecule has 0 aliphatic carbocycles. The number of amides is 2. The number of carbonyl (C=O) groups excluding carboxylic acids is 3. The summed E-state index contributed by atoms with van der Waals surface area (Å²) in [6, 6.07) is 5.53. The first kappa shape index (κ1) is 17.7. The molecule has 0 radical (unpaired) electrons. The van der Waals surface area contributed by atoms with Gasteiger partial charge in [-0.2, -0.15) is 0 Å². The van der Waals surface area contributed by atoms with Gasteiger partial charge in [0.2, 0.25) is 5.91 Å². The smallest absolute Gasteiger partial charge is 0.284 e. The lowest BCUT2D eigenvalue weighted by Crippen LogP contribution is -2.26. The summed E-state index contributed by atoms with van der Waals surface area (Å²) in [5.74, 6) is 0.545. The van der Waals surface area contributed by atoms with E-state index in [9.17, 15) is 14.4 Å². The number of hydrogen-bond acceptors (Lipinski definition) is 7. The van der Waals surface area contributed by atoms with Crippen molar-refractivity contribution < 1.29 is 14.4 Å². The Kier molecular flexibility index (Phi) is 5.24. The number of nitrogens with zero attached hydrogens (tertiary/aromatic N) is 2. The molecule has 0 unspecified atom stereocenters. The number of amidine groups is 2. The van der Waals surface area contributed by atoms with Crippen LogP contribution in [0, 0.1) is 13.8 Å². The van der Waals surface area contributed by atoms with Gasteiger partial charge in [0, 0.05) is 12.0 Å².